The Morgan fingerprint density at radius 1 is 1.15 bits per heavy atom. The molecule has 2 heterocycles. The van der Waals surface area contributed by atoms with E-state index in [1.807, 2.05) is 0 Å². The zero-order valence-electron chi connectivity index (χ0n) is 14.8. The van der Waals surface area contributed by atoms with Gasteiger partial charge in [-0.1, -0.05) is 13.8 Å². The van der Waals surface area contributed by atoms with Gasteiger partial charge in [0.1, 0.15) is 6.04 Å². The number of sulfonamides is 1. The van der Waals surface area contributed by atoms with E-state index in [1.165, 1.54) is 33.5 Å². The van der Waals surface area contributed by atoms with Crippen molar-refractivity contribution in [2.24, 2.45) is 0 Å². The van der Waals surface area contributed by atoms with Gasteiger partial charge in [0.15, 0.2) is 0 Å². The first-order valence-electron chi connectivity index (χ1n) is 8.75. The highest BCUT2D eigenvalue weighted by Gasteiger charge is 2.50. The second-order valence-electron chi connectivity index (χ2n) is 6.39. The number of rotatable bonds is 5. The molecule has 2 fully saturated rings. The lowest BCUT2D eigenvalue weighted by molar-refractivity contribution is -0.124. The van der Waals surface area contributed by atoms with Crippen LogP contribution in [0.1, 0.15) is 26.7 Å². The summed E-state index contributed by atoms with van der Waals surface area (Å²) in [6.45, 7) is 4.67. The van der Waals surface area contributed by atoms with Crippen molar-refractivity contribution >= 4 is 27.6 Å². The number of aliphatic hydroxyl groups is 1. The fraction of sp³-hybridized carbons (Fsp3) is 0.529. The highest BCUT2D eigenvalue weighted by molar-refractivity contribution is 7.89. The number of piperidine rings is 1. The molecule has 2 atom stereocenters. The van der Waals surface area contributed by atoms with Crippen molar-refractivity contribution in [3.05, 3.63) is 24.3 Å². The lowest BCUT2D eigenvalue weighted by Gasteiger charge is -2.30. The maximum absolute atomic E-state index is 12.6. The normalized spacial score (nSPS) is 23.7. The maximum Gasteiger partial charge on any atom is 0.332 e. The van der Waals surface area contributed by atoms with Crippen LogP contribution in [0.5, 0.6) is 0 Å². The standard InChI is InChI=1S/C17H23N3O5S/c1-3-18(4-2)26(24,25)13-9-7-12(8-10-13)20-16(22)15-14(21)6-5-11-19(15)17(20)23/h7-10,14-15,21H,3-6,11H2,1-2H3/t14-,15-/m1/s1. The second kappa shape index (κ2) is 6.98. The van der Waals surface area contributed by atoms with Crippen LogP contribution >= 0.6 is 0 Å². The first-order valence-corrected chi connectivity index (χ1v) is 10.2. The molecule has 3 rings (SSSR count). The van der Waals surface area contributed by atoms with Crippen LogP contribution in [0.4, 0.5) is 10.5 Å². The summed E-state index contributed by atoms with van der Waals surface area (Å²) in [5.41, 5.74) is 0.306. The molecule has 0 spiro atoms. The van der Waals surface area contributed by atoms with Crippen molar-refractivity contribution in [2.45, 2.75) is 43.7 Å². The number of carbonyl (C=O) groups is 2. The van der Waals surface area contributed by atoms with Crippen molar-refractivity contribution in [1.82, 2.24) is 9.21 Å². The van der Waals surface area contributed by atoms with Gasteiger partial charge in [0.05, 0.1) is 16.7 Å². The van der Waals surface area contributed by atoms with Crippen molar-refractivity contribution in [3.8, 4) is 0 Å². The lowest BCUT2D eigenvalue weighted by atomic mass is 10.00. The molecule has 2 saturated heterocycles. The zero-order valence-corrected chi connectivity index (χ0v) is 15.6. The van der Waals surface area contributed by atoms with Crippen molar-refractivity contribution in [2.75, 3.05) is 24.5 Å². The molecule has 3 amide bonds. The predicted octanol–water partition coefficient (Wildman–Crippen LogP) is 1.01. The number of anilines is 1. The van der Waals surface area contributed by atoms with Gasteiger partial charge in [0.2, 0.25) is 10.0 Å². The first kappa shape index (κ1) is 18.8. The number of fused-ring (bicyclic) bond motifs is 1. The van der Waals surface area contributed by atoms with Gasteiger partial charge in [-0.25, -0.2) is 18.1 Å². The molecule has 0 unspecified atom stereocenters. The fourth-order valence-electron chi connectivity index (χ4n) is 3.56. The van der Waals surface area contributed by atoms with Gasteiger partial charge in [-0.05, 0) is 37.1 Å². The van der Waals surface area contributed by atoms with E-state index >= 15 is 0 Å². The Morgan fingerprint density at radius 2 is 1.77 bits per heavy atom. The third-order valence-corrected chi connectivity index (χ3v) is 7.01. The molecule has 0 radical (unpaired) electrons. The Kier molecular flexibility index (Phi) is 5.05. The van der Waals surface area contributed by atoms with E-state index < -0.39 is 34.1 Å². The summed E-state index contributed by atoms with van der Waals surface area (Å²) in [5.74, 6) is -0.471. The fourth-order valence-corrected chi connectivity index (χ4v) is 5.02. The molecule has 0 aromatic heterocycles. The number of hydrogen-bond acceptors (Lipinski definition) is 5. The minimum atomic E-state index is -3.60. The van der Waals surface area contributed by atoms with Gasteiger partial charge >= 0.3 is 6.03 Å². The van der Waals surface area contributed by atoms with E-state index in [0.29, 0.717) is 38.2 Å². The predicted molar refractivity (Wildman–Crippen MR) is 95.2 cm³/mol. The highest BCUT2D eigenvalue weighted by atomic mass is 32.2. The molecule has 8 nitrogen and oxygen atoms in total. The Hall–Kier alpha value is -1.97. The summed E-state index contributed by atoms with van der Waals surface area (Å²) >= 11 is 0. The van der Waals surface area contributed by atoms with E-state index in [9.17, 15) is 23.1 Å². The van der Waals surface area contributed by atoms with Crippen LogP contribution in [0, 0.1) is 0 Å². The maximum atomic E-state index is 12.6. The van der Waals surface area contributed by atoms with E-state index in [-0.39, 0.29) is 4.90 Å². The Bertz CT molecular complexity index is 804. The molecule has 1 aromatic rings. The van der Waals surface area contributed by atoms with Crippen LogP contribution in [0.3, 0.4) is 0 Å². The summed E-state index contributed by atoms with van der Waals surface area (Å²) in [6.07, 6.45) is 0.258. The smallest absolute Gasteiger partial charge is 0.332 e. The molecule has 1 N–H and O–H groups in total. The molecule has 9 heteroatoms. The molecule has 0 bridgehead atoms. The summed E-state index contributed by atoms with van der Waals surface area (Å²) in [5, 5.41) is 10.1. The van der Waals surface area contributed by atoms with Gasteiger partial charge in [0, 0.05) is 19.6 Å². The minimum Gasteiger partial charge on any atom is -0.390 e. The van der Waals surface area contributed by atoms with E-state index in [2.05, 4.69) is 0 Å². The summed E-state index contributed by atoms with van der Waals surface area (Å²) in [7, 11) is -3.60. The van der Waals surface area contributed by atoms with Gasteiger partial charge in [-0.2, -0.15) is 4.31 Å². The quantitative estimate of drug-likeness (QED) is 0.768. The van der Waals surface area contributed by atoms with E-state index in [1.54, 1.807) is 13.8 Å². The number of urea groups is 1. The van der Waals surface area contributed by atoms with Crippen molar-refractivity contribution < 1.29 is 23.1 Å². The largest absolute Gasteiger partial charge is 0.390 e. The number of hydrogen-bond donors (Lipinski definition) is 1. The summed E-state index contributed by atoms with van der Waals surface area (Å²) in [4.78, 5) is 27.7. The first-order chi connectivity index (χ1) is 12.3. The van der Waals surface area contributed by atoms with Crippen LogP contribution in [0.25, 0.3) is 0 Å². The molecule has 0 saturated carbocycles. The number of benzene rings is 1. The zero-order chi connectivity index (χ0) is 19.1. The van der Waals surface area contributed by atoms with Gasteiger partial charge in [0.25, 0.3) is 5.91 Å². The molecule has 0 aliphatic carbocycles. The Labute approximate surface area is 153 Å². The van der Waals surface area contributed by atoms with Crippen LogP contribution in [-0.4, -0.2) is 66.4 Å². The Morgan fingerprint density at radius 3 is 2.31 bits per heavy atom. The third kappa shape index (κ3) is 2.89. The number of amides is 3. The summed E-state index contributed by atoms with van der Waals surface area (Å²) < 4.78 is 26.4. The molecule has 2 aliphatic rings. The molecular weight excluding hydrogens is 358 g/mol. The van der Waals surface area contributed by atoms with Gasteiger partial charge in [-0.3, -0.25) is 4.79 Å². The number of aliphatic hydroxyl groups excluding tert-OH is 1. The highest BCUT2D eigenvalue weighted by Crippen LogP contribution is 2.31. The average molecular weight is 381 g/mol. The minimum absolute atomic E-state index is 0.113. The molecule has 2 aliphatic heterocycles. The topological polar surface area (TPSA) is 98.2 Å². The van der Waals surface area contributed by atoms with Crippen molar-refractivity contribution in [1.29, 1.82) is 0 Å². The number of nitrogens with zero attached hydrogens (tertiary/aromatic N) is 3. The Balaban J connectivity index is 1.90. The van der Waals surface area contributed by atoms with Crippen LogP contribution in [0.15, 0.2) is 29.2 Å². The molecule has 1 aromatic carbocycles. The van der Waals surface area contributed by atoms with Crippen molar-refractivity contribution in [3.63, 3.8) is 0 Å². The average Bonchev–Trinajstić information content (AvgIpc) is 2.88. The lowest BCUT2D eigenvalue weighted by Crippen LogP contribution is -2.48. The van der Waals surface area contributed by atoms with E-state index in [4.69, 9.17) is 0 Å². The number of imide groups is 1. The monoisotopic (exact) mass is 381 g/mol. The van der Waals surface area contributed by atoms with E-state index in [0.717, 1.165) is 4.90 Å². The van der Waals surface area contributed by atoms with Gasteiger partial charge < -0.3 is 10.0 Å². The SMILES string of the molecule is CCN(CC)S(=O)(=O)c1ccc(N2C(=O)[C@H]3[C@H](O)CCCN3C2=O)cc1. The van der Waals surface area contributed by atoms with Gasteiger partial charge in [-0.15, -0.1) is 0 Å². The second-order valence-corrected chi connectivity index (χ2v) is 8.33. The number of carbonyl (C=O) groups excluding carboxylic acids is 2. The van der Waals surface area contributed by atoms with Crippen LogP contribution in [-0.2, 0) is 14.8 Å². The van der Waals surface area contributed by atoms with Crippen LogP contribution < -0.4 is 4.90 Å². The molecule has 142 valence electrons. The third-order valence-electron chi connectivity index (χ3n) is 4.95. The molecule has 26 heavy (non-hydrogen) atoms. The molecular formula is C17H23N3O5S. The summed E-state index contributed by atoms with van der Waals surface area (Å²) in [6, 6.07) is 4.39. The van der Waals surface area contributed by atoms with Crippen LogP contribution in [0.2, 0.25) is 0 Å².